The summed E-state index contributed by atoms with van der Waals surface area (Å²) < 4.78 is 2.10. The molecular weight excluding hydrogens is 1060 g/mol. The van der Waals surface area contributed by atoms with E-state index in [0.29, 0.717) is 27.6 Å². The van der Waals surface area contributed by atoms with Crippen molar-refractivity contribution in [1.29, 1.82) is 0 Å². The molecule has 5 rings (SSSR count). The lowest BCUT2D eigenvalue weighted by Gasteiger charge is -2.51. The van der Waals surface area contributed by atoms with Gasteiger partial charge in [0.1, 0.15) is 0 Å². The van der Waals surface area contributed by atoms with Gasteiger partial charge in [0, 0.05) is 471 Å². The molecule has 332 valence electrons. The van der Waals surface area contributed by atoms with E-state index < -0.39 is 192 Å². The molecule has 0 bridgehead atoms. The molecule has 3 aromatic carbocycles. The fourth-order valence-electron chi connectivity index (χ4n) is 15.9. The number of terminal acetylenes is 1. The molecule has 0 unspecified atom stereocenters. The highest BCUT2D eigenvalue weighted by Gasteiger charge is 2.56. The van der Waals surface area contributed by atoms with Crippen molar-refractivity contribution in [1.82, 2.24) is 4.40 Å². The van der Waals surface area contributed by atoms with Gasteiger partial charge in [0.05, 0.1) is 42.6 Å². The zero-order valence-corrected chi connectivity index (χ0v) is 54.9. The molecule has 0 spiro atoms. The molecule has 0 N–H and O–H groups in total. The summed E-state index contributed by atoms with van der Waals surface area (Å²) in [4.78, 5) is 0. The summed E-state index contributed by atoms with van der Waals surface area (Å²) in [7, 11) is 241. The van der Waals surface area contributed by atoms with Crippen LogP contribution in [0, 0.1) is 45.0 Å². The van der Waals surface area contributed by atoms with Crippen LogP contribution >= 0.6 is 0 Å². The molecule has 0 amide bonds. The van der Waals surface area contributed by atoms with Crippen LogP contribution in [0.3, 0.4) is 0 Å². The number of aryl methyl sites for hydroxylation is 3. The minimum atomic E-state index is -1.68. The maximum atomic E-state index is 7.36. The molecule has 0 aliphatic carbocycles. The largest absolute Gasteiger partial charge is 0.312 e. The number of hydrogen-bond donors (Lipinski definition) is 0. The molecule has 2 aromatic heterocycles. The normalized spacial score (nSPS) is 10.4. The van der Waals surface area contributed by atoms with Crippen molar-refractivity contribution in [3.05, 3.63) is 52.2 Å². The average Bonchev–Trinajstić information content (AvgIpc) is 1.66. The van der Waals surface area contributed by atoms with Gasteiger partial charge in [-0.05, 0) is 56.0 Å². The van der Waals surface area contributed by atoms with Crippen LogP contribution in [0.15, 0.2) is 24.3 Å². The van der Waals surface area contributed by atoms with Crippen LogP contribution in [0.1, 0.15) is 34.9 Å². The van der Waals surface area contributed by atoms with Crippen molar-refractivity contribution in [2.45, 2.75) is 27.7 Å². The van der Waals surface area contributed by atoms with E-state index in [2.05, 4.69) is 22.2 Å². The first kappa shape index (κ1) is 86.2. The van der Waals surface area contributed by atoms with Crippen LogP contribution < -0.4 is 21.9 Å². The zero-order chi connectivity index (χ0) is 72.5. The summed E-state index contributed by atoms with van der Waals surface area (Å²) in [5.74, 6) is 9.30. The van der Waals surface area contributed by atoms with E-state index in [9.17, 15) is 0 Å². The number of hydrogen-bond acceptors (Lipinski definition) is 0. The van der Waals surface area contributed by atoms with Gasteiger partial charge in [-0.2, -0.15) is 0 Å². The first-order valence-electron chi connectivity index (χ1n) is 31.3. The molecule has 0 aliphatic heterocycles. The lowest BCUT2D eigenvalue weighted by Crippen LogP contribution is -2.91. The standard InChI is InChI=1S/C28H17B66N/c1-6-8-18-17(7-2)14(4)23-13(3)15(5)95-22-11-16(9-10-19(22)24(18)28(23)95)20-12-21(65(87(71(35)36)72(37)38)88(73(39)40)74(41)42)26(67(90(77(47)48)78(49)50)92(81(55)56)84(61)63-29)27(68(91(79(51)52)80(53)54)93(82(57)58)85(62)69(31)32)25(20)66(89(75(43)44)76(45)46)94(83(59)60)86(64-30)70(33)34/h2,9-12H,1,3-5H3. The maximum absolute atomic E-state index is 7.36. The molecule has 0 fully saturated rings. The SMILES string of the molecule is [B][B]B([B])B(B([B])[B])B(B(B([B])[B])B([B])[B])c1c(B(B(B([B])[B])B([B])[B])B(B([B])[B])B([B])[B])cc(-c2ccc3c4c(C#CC)c(C#C)c(C)c5c(C)c(C)n(c3c2)c54)c(B(B(B([B])[B])B([B])[B])B(B([B])[B])B([B][B])B([B])[B])c1B(B(B([B])[B])B([B])[B])B(B([B])[B])B([B])B([B])[B]. The fourth-order valence-corrected chi connectivity index (χ4v) is 15.9. The van der Waals surface area contributed by atoms with Crippen LogP contribution in [-0.2, 0) is 0 Å². The van der Waals surface area contributed by atoms with E-state index in [1.807, 2.05) is 39.0 Å². The topological polar surface area (TPSA) is 4.41 Å². The number of rotatable bonds is 33. The second kappa shape index (κ2) is 36.5. The summed E-state index contributed by atoms with van der Waals surface area (Å²) in [5.41, 5.74) is 5.69. The zero-order valence-electron chi connectivity index (χ0n) is 54.9. The fraction of sp³-hybridized carbons (Fsp3) is 0.143. The van der Waals surface area contributed by atoms with Gasteiger partial charge in [0.2, 0.25) is 0 Å². The van der Waals surface area contributed by atoms with Gasteiger partial charge >= 0.3 is 0 Å². The van der Waals surface area contributed by atoms with Gasteiger partial charge in [-0.3, -0.25) is 0 Å². The molecule has 0 saturated carbocycles. The molecule has 5 aromatic rings. The Labute approximate surface area is 632 Å². The van der Waals surface area contributed by atoms with E-state index in [1.54, 1.807) is 13.0 Å². The van der Waals surface area contributed by atoms with E-state index in [4.69, 9.17) is 269 Å². The maximum Gasteiger partial charge on any atom is 0.0804 e. The van der Waals surface area contributed by atoms with Crippen molar-refractivity contribution in [3.8, 4) is 35.3 Å². The van der Waals surface area contributed by atoms with E-state index in [1.165, 1.54) is 7.06 Å². The third kappa shape index (κ3) is 17.6. The average molecular weight is 1080 g/mol. The van der Waals surface area contributed by atoms with Crippen LogP contribution in [0.4, 0.5) is 0 Å². The number of aromatic nitrogens is 1. The van der Waals surface area contributed by atoms with Crippen LogP contribution in [-0.4, -0.2) is 474 Å². The van der Waals surface area contributed by atoms with Crippen LogP contribution in [0.2, 0.25) is 0 Å². The van der Waals surface area contributed by atoms with Crippen LogP contribution in [0.25, 0.3) is 38.3 Å². The van der Waals surface area contributed by atoms with Crippen molar-refractivity contribution in [2.24, 2.45) is 0 Å². The Hall–Kier alpha value is 0.606. The number of fused-ring (bicyclic) bond motifs is 3. The molecule has 2 heterocycles. The highest BCUT2D eigenvalue weighted by molar-refractivity contribution is 8.17. The third-order valence-corrected chi connectivity index (χ3v) is 20.0. The second-order valence-corrected chi connectivity index (χ2v) is 26.0. The monoisotopic (exact) mass is 1090 g/mol. The van der Waals surface area contributed by atoms with Crippen molar-refractivity contribution >= 4 is 518 Å². The van der Waals surface area contributed by atoms with Crippen molar-refractivity contribution < 1.29 is 0 Å². The lowest BCUT2D eigenvalue weighted by molar-refractivity contribution is 1.16. The van der Waals surface area contributed by atoms with Crippen molar-refractivity contribution in [2.75, 3.05) is 0 Å². The first-order chi connectivity index (χ1) is 44.1. The van der Waals surface area contributed by atoms with Gasteiger partial charge in [-0.1, -0.05) is 35.5 Å². The summed E-state index contributed by atoms with van der Waals surface area (Å²) >= 11 is 0. The Balaban J connectivity index is 2.69. The summed E-state index contributed by atoms with van der Waals surface area (Å²) in [6.45, 7) is 1.28. The molecule has 1 nitrogen and oxygen atoms in total. The number of benzene rings is 3. The van der Waals surface area contributed by atoms with Crippen LogP contribution in [0.5, 0.6) is 0 Å². The Bertz CT molecular complexity index is 3370. The molecule has 0 saturated heterocycles. The lowest BCUT2D eigenvalue weighted by atomic mass is 8.43. The molecule has 0 aliphatic rings. The van der Waals surface area contributed by atoms with Gasteiger partial charge in [0.15, 0.2) is 0 Å². The minimum Gasteiger partial charge on any atom is -0.312 e. The predicted octanol–water partition coefficient (Wildman–Crippen LogP) is -21.8. The summed E-state index contributed by atoms with van der Waals surface area (Å²) in [6.07, 6.45) is -32.7. The Morgan fingerprint density at radius 2 is 0.800 bits per heavy atom. The second-order valence-electron chi connectivity index (χ2n) is 26.0. The molecule has 67 heteroatoms. The summed E-state index contributed by atoms with van der Waals surface area (Å²) in [5, 5.41) is 2.34. The Morgan fingerprint density at radius 1 is 0.400 bits per heavy atom. The first-order valence-corrected chi connectivity index (χ1v) is 31.3. The molecular formula is C28H17B66N. The Kier molecular flexibility index (Phi) is 33.2. The van der Waals surface area contributed by atoms with Gasteiger partial charge in [0.25, 0.3) is 0 Å². The van der Waals surface area contributed by atoms with E-state index in [-0.39, 0.29) is 27.4 Å². The van der Waals surface area contributed by atoms with Gasteiger partial charge in [-0.25, -0.2) is 0 Å². The smallest absolute Gasteiger partial charge is 0.0804 e. The quantitative estimate of drug-likeness (QED) is 0.0291. The third-order valence-electron chi connectivity index (χ3n) is 20.0. The number of nitrogens with zero attached hydrogens (tertiary/aromatic N) is 1. The highest BCUT2D eigenvalue weighted by atomic mass is 14.9. The molecule has 0 atom stereocenters. The van der Waals surface area contributed by atoms with E-state index in [0.717, 1.165) is 40.2 Å². The van der Waals surface area contributed by atoms with Gasteiger partial charge < -0.3 is 4.40 Å². The van der Waals surface area contributed by atoms with E-state index >= 15 is 0 Å². The molecule has 70 radical (unpaired) electrons. The Morgan fingerprint density at radius 3 is 1.16 bits per heavy atom. The summed E-state index contributed by atoms with van der Waals surface area (Å²) in [6, 6.07) is 7.31. The van der Waals surface area contributed by atoms with Gasteiger partial charge in [-0.15, -0.1) is 28.7 Å². The highest BCUT2D eigenvalue weighted by Crippen LogP contribution is 2.43. The minimum absolute atomic E-state index is 0.0390. The predicted molar refractivity (Wildman–Crippen MR) is 502 cm³/mol. The van der Waals surface area contributed by atoms with Crippen molar-refractivity contribution in [3.63, 3.8) is 0 Å². The molecule has 95 heavy (non-hydrogen) atoms.